The molecule has 0 aliphatic carbocycles. The summed E-state index contributed by atoms with van der Waals surface area (Å²) in [7, 11) is 0. The number of carbonyl (C=O) groups excluding carboxylic acids is 2. The maximum atomic E-state index is 12.5. The summed E-state index contributed by atoms with van der Waals surface area (Å²) in [5.74, 6) is -0.231. The lowest BCUT2D eigenvalue weighted by atomic mass is 10.2. The fourth-order valence-electron chi connectivity index (χ4n) is 2.58. The predicted molar refractivity (Wildman–Crippen MR) is 102 cm³/mol. The normalized spacial score (nSPS) is 17.2. The van der Waals surface area contributed by atoms with E-state index in [0.29, 0.717) is 12.1 Å². The number of fused-ring (bicyclic) bond motifs is 1. The molecule has 0 saturated heterocycles. The van der Waals surface area contributed by atoms with Gasteiger partial charge in [-0.3, -0.25) is 9.59 Å². The van der Waals surface area contributed by atoms with Crippen LogP contribution in [0.4, 0.5) is 11.4 Å². The largest absolute Gasteiger partial charge is 0.325 e. The third kappa shape index (κ3) is 3.99. The van der Waals surface area contributed by atoms with Crippen LogP contribution in [-0.4, -0.2) is 23.6 Å². The quantitative estimate of drug-likeness (QED) is 0.828. The van der Waals surface area contributed by atoms with Crippen LogP contribution in [0.15, 0.2) is 57.9 Å². The van der Waals surface area contributed by atoms with E-state index in [0.717, 1.165) is 15.1 Å². The molecule has 24 heavy (non-hydrogen) atoms. The molecule has 0 spiro atoms. The van der Waals surface area contributed by atoms with Crippen molar-refractivity contribution < 1.29 is 9.59 Å². The molecule has 2 amide bonds. The van der Waals surface area contributed by atoms with Crippen LogP contribution in [0, 0.1) is 0 Å². The number of rotatable bonds is 3. The van der Waals surface area contributed by atoms with Crippen molar-refractivity contribution in [3.63, 3.8) is 0 Å². The molecule has 4 nitrogen and oxygen atoms in total. The Morgan fingerprint density at radius 3 is 2.71 bits per heavy atom. The Kier molecular flexibility index (Phi) is 5.26. The first-order valence-electron chi connectivity index (χ1n) is 7.64. The Bertz CT molecular complexity index is 764. The van der Waals surface area contributed by atoms with E-state index in [1.807, 2.05) is 55.5 Å². The van der Waals surface area contributed by atoms with Crippen molar-refractivity contribution in [2.24, 2.45) is 0 Å². The molecule has 1 aliphatic rings. The molecule has 1 heterocycles. The summed E-state index contributed by atoms with van der Waals surface area (Å²) < 4.78 is 0.947. The van der Waals surface area contributed by atoms with Crippen LogP contribution in [-0.2, 0) is 9.59 Å². The molecular weight excluding hydrogens is 388 g/mol. The zero-order valence-electron chi connectivity index (χ0n) is 13.2. The highest BCUT2D eigenvalue weighted by molar-refractivity contribution is 9.10. The van der Waals surface area contributed by atoms with Gasteiger partial charge in [-0.1, -0.05) is 35.0 Å². The average Bonchev–Trinajstić information content (AvgIpc) is 2.66. The summed E-state index contributed by atoms with van der Waals surface area (Å²) in [5.41, 5.74) is 1.52. The number of nitrogens with zero attached hydrogens (tertiary/aromatic N) is 1. The molecule has 0 radical (unpaired) electrons. The Hall–Kier alpha value is -1.79. The van der Waals surface area contributed by atoms with E-state index in [1.165, 1.54) is 0 Å². The lowest BCUT2D eigenvalue weighted by Crippen LogP contribution is -2.38. The second kappa shape index (κ2) is 7.40. The van der Waals surface area contributed by atoms with Gasteiger partial charge in [-0.25, -0.2) is 0 Å². The molecule has 3 rings (SSSR count). The maximum absolute atomic E-state index is 12.5. The zero-order chi connectivity index (χ0) is 17.1. The first kappa shape index (κ1) is 17.0. The molecular formula is C18H17BrN2O2S. The average molecular weight is 405 g/mol. The van der Waals surface area contributed by atoms with Crippen molar-refractivity contribution in [1.29, 1.82) is 0 Å². The third-order valence-electron chi connectivity index (χ3n) is 3.68. The van der Waals surface area contributed by atoms with Gasteiger partial charge in [-0.2, -0.15) is 0 Å². The third-order valence-corrected chi connectivity index (χ3v) is 5.37. The summed E-state index contributed by atoms with van der Waals surface area (Å²) >= 11 is 5.04. The summed E-state index contributed by atoms with van der Waals surface area (Å²) in [6, 6.07) is 15.1. The van der Waals surface area contributed by atoms with E-state index in [1.54, 1.807) is 16.7 Å². The molecule has 1 atom stereocenters. The fraction of sp³-hybridized carbons (Fsp3) is 0.222. The van der Waals surface area contributed by atoms with Crippen LogP contribution < -0.4 is 10.2 Å². The Balaban J connectivity index is 1.78. The molecule has 0 fully saturated rings. The van der Waals surface area contributed by atoms with Gasteiger partial charge in [0.05, 0.1) is 5.69 Å². The van der Waals surface area contributed by atoms with Crippen LogP contribution in [0.1, 0.15) is 13.3 Å². The Morgan fingerprint density at radius 1 is 1.25 bits per heavy atom. The van der Waals surface area contributed by atoms with E-state index in [9.17, 15) is 9.59 Å². The predicted octanol–water partition coefficient (Wildman–Crippen LogP) is 4.31. The van der Waals surface area contributed by atoms with Gasteiger partial charge >= 0.3 is 0 Å². The highest BCUT2D eigenvalue weighted by atomic mass is 79.9. The second-order valence-electron chi connectivity index (χ2n) is 5.64. The maximum Gasteiger partial charge on any atom is 0.244 e. The Labute approximate surface area is 153 Å². The minimum Gasteiger partial charge on any atom is -0.325 e. The molecule has 1 aliphatic heterocycles. The number of carbonyl (C=O) groups is 2. The molecule has 0 unspecified atom stereocenters. The minimum absolute atomic E-state index is 0.0131. The topological polar surface area (TPSA) is 49.4 Å². The summed E-state index contributed by atoms with van der Waals surface area (Å²) in [4.78, 5) is 27.6. The first-order valence-corrected chi connectivity index (χ1v) is 9.31. The Morgan fingerprint density at radius 2 is 1.96 bits per heavy atom. The van der Waals surface area contributed by atoms with Gasteiger partial charge in [0.25, 0.3) is 0 Å². The molecule has 0 bridgehead atoms. The lowest BCUT2D eigenvalue weighted by molar-refractivity contribution is -0.121. The van der Waals surface area contributed by atoms with Crippen LogP contribution in [0.3, 0.4) is 0 Å². The van der Waals surface area contributed by atoms with Crippen LogP contribution in [0.2, 0.25) is 0 Å². The standard InChI is InChI=1S/C18H17BrN2O2S/c1-12-10-18(23)21(15-4-2-3-5-16(15)24-12)11-17(22)20-14-8-6-13(19)7-9-14/h2-9,12H,10-11H2,1H3,(H,20,22)/t12-/m1/s1. The van der Waals surface area contributed by atoms with Crippen LogP contribution in [0.5, 0.6) is 0 Å². The number of para-hydroxylation sites is 1. The van der Waals surface area contributed by atoms with Gasteiger partial charge in [0, 0.05) is 26.7 Å². The molecule has 2 aromatic rings. The van der Waals surface area contributed by atoms with Gasteiger partial charge in [-0.15, -0.1) is 11.8 Å². The van der Waals surface area contributed by atoms with Gasteiger partial charge in [0.1, 0.15) is 6.54 Å². The summed E-state index contributed by atoms with van der Waals surface area (Å²) in [6.45, 7) is 2.05. The van der Waals surface area contributed by atoms with Crippen molar-refractivity contribution in [1.82, 2.24) is 0 Å². The van der Waals surface area contributed by atoms with E-state index >= 15 is 0 Å². The molecule has 0 aromatic heterocycles. The number of nitrogens with one attached hydrogen (secondary N) is 1. The molecule has 1 N–H and O–H groups in total. The SMILES string of the molecule is C[C@@H]1CC(=O)N(CC(=O)Nc2ccc(Br)cc2)c2ccccc2S1. The number of amides is 2. The van der Waals surface area contributed by atoms with Crippen molar-refractivity contribution in [2.75, 3.05) is 16.8 Å². The number of anilines is 2. The number of hydrogen-bond acceptors (Lipinski definition) is 3. The number of halogens is 1. The molecule has 124 valence electrons. The van der Waals surface area contributed by atoms with E-state index < -0.39 is 0 Å². The van der Waals surface area contributed by atoms with Crippen LogP contribution in [0.25, 0.3) is 0 Å². The smallest absolute Gasteiger partial charge is 0.244 e. The highest BCUT2D eigenvalue weighted by Gasteiger charge is 2.27. The zero-order valence-corrected chi connectivity index (χ0v) is 15.6. The van der Waals surface area contributed by atoms with E-state index in [-0.39, 0.29) is 23.6 Å². The van der Waals surface area contributed by atoms with Gasteiger partial charge in [0.15, 0.2) is 0 Å². The highest BCUT2D eigenvalue weighted by Crippen LogP contribution is 2.37. The number of thioether (sulfide) groups is 1. The van der Waals surface area contributed by atoms with Crippen molar-refractivity contribution in [3.05, 3.63) is 53.0 Å². The van der Waals surface area contributed by atoms with Gasteiger partial charge in [-0.05, 0) is 36.4 Å². The first-order chi connectivity index (χ1) is 11.5. The van der Waals surface area contributed by atoms with E-state index in [4.69, 9.17) is 0 Å². The molecule has 6 heteroatoms. The molecule has 0 saturated carbocycles. The van der Waals surface area contributed by atoms with Crippen molar-refractivity contribution in [2.45, 2.75) is 23.5 Å². The summed E-state index contributed by atoms with van der Waals surface area (Å²) in [6.07, 6.45) is 0.422. The monoisotopic (exact) mass is 404 g/mol. The van der Waals surface area contributed by atoms with Gasteiger partial charge in [0.2, 0.25) is 11.8 Å². The lowest BCUT2D eigenvalue weighted by Gasteiger charge is -2.22. The molecule has 2 aromatic carbocycles. The number of benzene rings is 2. The summed E-state index contributed by atoms with van der Waals surface area (Å²) in [5, 5.41) is 3.03. The minimum atomic E-state index is -0.208. The second-order valence-corrected chi connectivity index (χ2v) is 8.03. The van der Waals surface area contributed by atoms with Crippen molar-refractivity contribution in [3.8, 4) is 0 Å². The van der Waals surface area contributed by atoms with E-state index in [2.05, 4.69) is 21.2 Å². The van der Waals surface area contributed by atoms with Crippen LogP contribution >= 0.6 is 27.7 Å². The number of hydrogen-bond donors (Lipinski definition) is 1. The fourth-order valence-corrected chi connectivity index (χ4v) is 3.96. The van der Waals surface area contributed by atoms with Crippen molar-refractivity contribution >= 4 is 50.9 Å². The van der Waals surface area contributed by atoms with Gasteiger partial charge < -0.3 is 10.2 Å².